The van der Waals surface area contributed by atoms with Crippen LogP contribution in [-0.4, -0.2) is 23.1 Å². The molecule has 0 fully saturated rings. The molecule has 0 radical (unpaired) electrons. The van der Waals surface area contributed by atoms with Gasteiger partial charge in [0.15, 0.2) is 4.87 Å². The zero-order valence-corrected chi connectivity index (χ0v) is 8.19. The Morgan fingerprint density at radius 2 is 2.09 bits per heavy atom. The lowest BCUT2D eigenvalue weighted by Gasteiger charge is -2.26. The average Bonchev–Trinajstić information content (AvgIpc) is 1.83. The van der Waals surface area contributed by atoms with Gasteiger partial charge in [0.1, 0.15) is 0 Å². The third-order valence-electron chi connectivity index (χ3n) is 1.60. The number of rotatable bonds is 3. The minimum absolute atomic E-state index is 0.482. The molecule has 68 valence electrons. The molecule has 0 aliphatic rings. The molecule has 0 aliphatic heterocycles. The molecule has 2 atom stereocenters. The van der Waals surface area contributed by atoms with Crippen LogP contribution >= 0.6 is 12.6 Å². The fraction of sp³-hybridized carbons (Fsp3) is 1.00. The van der Waals surface area contributed by atoms with Crippen molar-refractivity contribution in [1.82, 2.24) is 0 Å². The molecule has 4 nitrogen and oxygen atoms in total. The molecule has 0 aliphatic carbocycles. The third kappa shape index (κ3) is 2.33. The largest absolute Gasteiger partial charge is 0.310 e. The van der Waals surface area contributed by atoms with Gasteiger partial charge in [0, 0.05) is 5.25 Å². The molecule has 2 unspecified atom stereocenters. The van der Waals surface area contributed by atoms with Crippen LogP contribution in [0.15, 0.2) is 0 Å². The van der Waals surface area contributed by atoms with Gasteiger partial charge in [-0.05, 0) is 13.3 Å². The Morgan fingerprint density at radius 1 is 1.73 bits per heavy atom. The first-order valence-corrected chi connectivity index (χ1v) is 5.13. The number of thiol groups is 1. The minimum atomic E-state index is -4.21. The van der Waals surface area contributed by atoms with E-state index in [0.29, 0.717) is 6.42 Å². The maximum atomic E-state index is 10.6. The molecule has 0 amide bonds. The topological polar surface area (TPSA) is 80.4 Å². The van der Waals surface area contributed by atoms with Gasteiger partial charge in [0.25, 0.3) is 10.1 Å². The van der Waals surface area contributed by atoms with E-state index in [4.69, 9.17) is 10.3 Å². The normalized spacial score (nSPS) is 20.8. The quantitative estimate of drug-likeness (QED) is 0.450. The molecular formula is C5H13NO3S2. The van der Waals surface area contributed by atoms with E-state index in [2.05, 4.69) is 12.6 Å². The predicted molar refractivity (Wildman–Crippen MR) is 47.2 cm³/mol. The van der Waals surface area contributed by atoms with Crippen molar-refractivity contribution >= 4 is 22.7 Å². The van der Waals surface area contributed by atoms with Crippen molar-refractivity contribution in [3.8, 4) is 0 Å². The molecule has 0 bridgehead atoms. The lowest BCUT2D eigenvalue weighted by Crippen LogP contribution is -2.51. The van der Waals surface area contributed by atoms with E-state index in [1.165, 1.54) is 6.92 Å². The second kappa shape index (κ2) is 3.30. The van der Waals surface area contributed by atoms with Crippen LogP contribution in [0.25, 0.3) is 0 Å². The lowest BCUT2D eigenvalue weighted by molar-refractivity contribution is 0.427. The molecule has 0 aromatic rings. The van der Waals surface area contributed by atoms with Crippen molar-refractivity contribution in [2.24, 2.45) is 5.73 Å². The van der Waals surface area contributed by atoms with Crippen LogP contribution in [-0.2, 0) is 10.1 Å². The summed E-state index contributed by atoms with van der Waals surface area (Å²) in [6, 6.07) is 0. The van der Waals surface area contributed by atoms with Crippen LogP contribution in [0.4, 0.5) is 0 Å². The molecular weight excluding hydrogens is 186 g/mol. The zero-order chi connectivity index (χ0) is 9.28. The molecule has 0 saturated carbocycles. The Kier molecular flexibility index (Phi) is 3.37. The summed E-state index contributed by atoms with van der Waals surface area (Å²) in [4.78, 5) is -1.66. The fourth-order valence-electron chi connectivity index (χ4n) is 0.577. The van der Waals surface area contributed by atoms with Gasteiger partial charge in [-0.15, -0.1) is 0 Å². The van der Waals surface area contributed by atoms with E-state index >= 15 is 0 Å². The predicted octanol–water partition coefficient (Wildman–Crippen LogP) is 0.258. The molecule has 0 aromatic carbocycles. The third-order valence-corrected chi connectivity index (χ3v) is 4.08. The summed E-state index contributed by atoms with van der Waals surface area (Å²) < 4.78 is 29.9. The Labute approximate surface area is 72.3 Å². The van der Waals surface area contributed by atoms with Crippen LogP contribution < -0.4 is 5.73 Å². The molecule has 0 rings (SSSR count). The minimum Gasteiger partial charge on any atom is -0.310 e. The molecule has 11 heavy (non-hydrogen) atoms. The molecule has 0 spiro atoms. The maximum absolute atomic E-state index is 10.6. The Balaban J connectivity index is 4.74. The van der Waals surface area contributed by atoms with Crippen molar-refractivity contribution in [2.45, 2.75) is 30.4 Å². The summed E-state index contributed by atoms with van der Waals surface area (Å²) in [5.41, 5.74) is 5.33. The van der Waals surface area contributed by atoms with Crippen LogP contribution in [0.3, 0.4) is 0 Å². The summed E-state index contributed by atoms with van der Waals surface area (Å²) in [6.07, 6.45) is 0.482. The van der Waals surface area contributed by atoms with E-state index in [9.17, 15) is 8.42 Å². The van der Waals surface area contributed by atoms with E-state index < -0.39 is 20.2 Å². The highest BCUT2D eigenvalue weighted by Gasteiger charge is 2.38. The van der Waals surface area contributed by atoms with Crippen molar-refractivity contribution in [2.75, 3.05) is 0 Å². The smallest absolute Gasteiger partial charge is 0.284 e. The summed E-state index contributed by atoms with van der Waals surface area (Å²) in [5, 5.41) is -0.558. The van der Waals surface area contributed by atoms with E-state index in [1.54, 1.807) is 6.92 Å². The SMILES string of the molecule is CCC(S)C(C)(N)S(=O)(=O)O. The number of nitrogens with two attached hydrogens (primary N) is 1. The van der Waals surface area contributed by atoms with Gasteiger partial charge in [-0.1, -0.05) is 6.92 Å². The van der Waals surface area contributed by atoms with Crippen LogP contribution in [0, 0.1) is 0 Å². The standard InChI is InChI=1S/C5H13NO3S2/c1-3-4(10)5(2,6)11(7,8)9/h4,10H,3,6H2,1-2H3,(H,7,8,9). The molecule has 0 aromatic heterocycles. The maximum Gasteiger partial charge on any atom is 0.284 e. The van der Waals surface area contributed by atoms with Gasteiger partial charge in [0.2, 0.25) is 0 Å². The van der Waals surface area contributed by atoms with Crippen molar-refractivity contribution in [1.29, 1.82) is 0 Å². The zero-order valence-electron chi connectivity index (χ0n) is 6.48. The molecule has 6 heteroatoms. The van der Waals surface area contributed by atoms with Gasteiger partial charge in [-0.2, -0.15) is 21.0 Å². The van der Waals surface area contributed by atoms with Gasteiger partial charge >= 0.3 is 0 Å². The van der Waals surface area contributed by atoms with Crippen molar-refractivity contribution in [3.63, 3.8) is 0 Å². The first kappa shape index (κ1) is 11.2. The Bertz CT molecular complexity index is 222. The summed E-state index contributed by atoms with van der Waals surface area (Å²) in [7, 11) is -4.21. The molecule has 0 heterocycles. The van der Waals surface area contributed by atoms with E-state index in [-0.39, 0.29) is 0 Å². The van der Waals surface area contributed by atoms with Crippen molar-refractivity contribution < 1.29 is 13.0 Å². The lowest BCUT2D eigenvalue weighted by atomic mass is 10.2. The number of hydrogen-bond acceptors (Lipinski definition) is 4. The van der Waals surface area contributed by atoms with Gasteiger partial charge < -0.3 is 5.73 Å². The second-order valence-electron chi connectivity index (χ2n) is 2.58. The molecule has 3 N–H and O–H groups in total. The van der Waals surface area contributed by atoms with Gasteiger partial charge in [-0.3, -0.25) is 4.55 Å². The second-order valence-corrected chi connectivity index (χ2v) is 5.04. The highest BCUT2D eigenvalue weighted by atomic mass is 32.2. The first-order valence-electron chi connectivity index (χ1n) is 3.17. The number of hydrogen-bond donors (Lipinski definition) is 3. The summed E-state index contributed by atoms with van der Waals surface area (Å²) in [5.74, 6) is 0. The van der Waals surface area contributed by atoms with E-state index in [0.717, 1.165) is 0 Å². The van der Waals surface area contributed by atoms with Gasteiger partial charge in [0.05, 0.1) is 0 Å². The highest BCUT2D eigenvalue weighted by Crippen LogP contribution is 2.20. The van der Waals surface area contributed by atoms with Crippen LogP contribution in [0.2, 0.25) is 0 Å². The van der Waals surface area contributed by atoms with Crippen LogP contribution in [0.1, 0.15) is 20.3 Å². The fourth-order valence-corrected chi connectivity index (χ4v) is 1.49. The Morgan fingerprint density at radius 3 is 2.18 bits per heavy atom. The van der Waals surface area contributed by atoms with E-state index in [1.807, 2.05) is 0 Å². The van der Waals surface area contributed by atoms with Gasteiger partial charge in [-0.25, -0.2) is 0 Å². The summed E-state index contributed by atoms with van der Waals surface area (Å²) >= 11 is 3.94. The van der Waals surface area contributed by atoms with Crippen LogP contribution in [0.5, 0.6) is 0 Å². The highest BCUT2D eigenvalue weighted by molar-refractivity contribution is 7.89. The van der Waals surface area contributed by atoms with Crippen molar-refractivity contribution in [3.05, 3.63) is 0 Å². The summed E-state index contributed by atoms with van der Waals surface area (Å²) in [6.45, 7) is 2.98. The monoisotopic (exact) mass is 199 g/mol. The average molecular weight is 199 g/mol. The first-order chi connectivity index (χ1) is 4.73. The Hall–Kier alpha value is 0.220. The molecule has 0 saturated heterocycles.